The molecule has 0 spiro atoms. The molecule has 1 N–H and O–H groups in total. The Kier molecular flexibility index (Phi) is 4.51. The minimum absolute atomic E-state index is 0.143. The van der Waals surface area contributed by atoms with Crippen molar-refractivity contribution in [3.8, 4) is 17.6 Å². The Balaban J connectivity index is 2.41. The third kappa shape index (κ3) is 2.73. The topological polar surface area (TPSA) is 62.5 Å². The Labute approximate surface area is 119 Å². The van der Waals surface area contributed by atoms with Crippen LogP contribution in [0.2, 0.25) is 0 Å². The maximum absolute atomic E-state index is 10.4. The van der Waals surface area contributed by atoms with Gasteiger partial charge in [0.05, 0.1) is 24.7 Å². The molecule has 1 aliphatic heterocycles. The van der Waals surface area contributed by atoms with Crippen molar-refractivity contribution >= 4 is 0 Å². The SMILES string of the molecule is CCOc1cc2c(cc1C(O)C(C#N)CC)OC(C)C2. The number of benzene rings is 1. The number of nitrogens with zero attached hydrogens (tertiary/aromatic N) is 1. The van der Waals surface area contributed by atoms with Crippen LogP contribution in [-0.2, 0) is 6.42 Å². The number of rotatable bonds is 5. The smallest absolute Gasteiger partial charge is 0.125 e. The molecule has 1 aromatic carbocycles. The fourth-order valence-corrected chi connectivity index (χ4v) is 2.57. The highest BCUT2D eigenvalue weighted by molar-refractivity contribution is 5.50. The Morgan fingerprint density at radius 3 is 2.85 bits per heavy atom. The molecule has 1 aliphatic rings. The second kappa shape index (κ2) is 6.15. The summed E-state index contributed by atoms with van der Waals surface area (Å²) < 4.78 is 11.4. The van der Waals surface area contributed by atoms with Crippen molar-refractivity contribution in [1.29, 1.82) is 5.26 Å². The van der Waals surface area contributed by atoms with E-state index in [2.05, 4.69) is 6.07 Å². The van der Waals surface area contributed by atoms with Crippen LogP contribution in [0.5, 0.6) is 11.5 Å². The normalized spacial score (nSPS) is 19.6. The molecule has 108 valence electrons. The van der Waals surface area contributed by atoms with Crippen molar-refractivity contribution in [2.24, 2.45) is 5.92 Å². The average molecular weight is 275 g/mol. The lowest BCUT2D eigenvalue weighted by atomic mass is 9.93. The van der Waals surface area contributed by atoms with Crippen molar-refractivity contribution < 1.29 is 14.6 Å². The highest BCUT2D eigenvalue weighted by Crippen LogP contribution is 2.39. The molecule has 3 unspecified atom stereocenters. The lowest BCUT2D eigenvalue weighted by Crippen LogP contribution is -2.12. The Morgan fingerprint density at radius 2 is 2.25 bits per heavy atom. The summed E-state index contributed by atoms with van der Waals surface area (Å²) in [4.78, 5) is 0. The monoisotopic (exact) mass is 275 g/mol. The predicted molar refractivity (Wildman–Crippen MR) is 75.8 cm³/mol. The molecule has 0 fully saturated rings. The van der Waals surface area contributed by atoms with Gasteiger partial charge in [0, 0.05) is 17.5 Å². The van der Waals surface area contributed by atoms with Crippen molar-refractivity contribution in [3.63, 3.8) is 0 Å². The number of hydrogen-bond donors (Lipinski definition) is 1. The van der Waals surface area contributed by atoms with Gasteiger partial charge in [0.1, 0.15) is 17.6 Å². The second-order valence-corrected chi connectivity index (χ2v) is 5.15. The van der Waals surface area contributed by atoms with Gasteiger partial charge in [0.2, 0.25) is 0 Å². The Morgan fingerprint density at radius 1 is 1.50 bits per heavy atom. The second-order valence-electron chi connectivity index (χ2n) is 5.15. The van der Waals surface area contributed by atoms with Crippen LogP contribution in [0.15, 0.2) is 12.1 Å². The lowest BCUT2D eigenvalue weighted by molar-refractivity contribution is 0.128. The van der Waals surface area contributed by atoms with Gasteiger partial charge in [0.25, 0.3) is 0 Å². The van der Waals surface area contributed by atoms with Crippen LogP contribution in [0, 0.1) is 17.2 Å². The van der Waals surface area contributed by atoms with Gasteiger partial charge in [-0.15, -0.1) is 0 Å². The maximum atomic E-state index is 10.4. The highest BCUT2D eigenvalue weighted by atomic mass is 16.5. The van der Waals surface area contributed by atoms with Gasteiger partial charge in [-0.3, -0.25) is 0 Å². The molecule has 4 nitrogen and oxygen atoms in total. The molecule has 0 aliphatic carbocycles. The third-order valence-corrected chi connectivity index (χ3v) is 3.63. The molecular formula is C16H21NO3. The summed E-state index contributed by atoms with van der Waals surface area (Å²) in [5, 5.41) is 19.6. The molecule has 0 aromatic heterocycles. The van der Waals surface area contributed by atoms with Gasteiger partial charge < -0.3 is 14.6 Å². The molecule has 0 radical (unpaired) electrons. The lowest BCUT2D eigenvalue weighted by Gasteiger charge is -2.20. The van der Waals surface area contributed by atoms with Crippen LogP contribution in [0.3, 0.4) is 0 Å². The van der Waals surface area contributed by atoms with E-state index in [1.165, 1.54) is 0 Å². The molecule has 20 heavy (non-hydrogen) atoms. The van der Waals surface area contributed by atoms with Gasteiger partial charge in [-0.2, -0.15) is 5.26 Å². The average Bonchev–Trinajstić information content (AvgIpc) is 2.78. The first-order valence-electron chi connectivity index (χ1n) is 7.14. The van der Waals surface area contributed by atoms with E-state index in [0.717, 1.165) is 17.7 Å². The first-order valence-corrected chi connectivity index (χ1v) is 7.14. The molecule has 2 rings (SSSR count). The third-order valence-electron chi connectivity index (χ3n) is 3.63. The van der Waals surface area contributed by atoms with Crippen LogP contribution < -0.4 is 9.47 Å². The summed E-state index contributed by atoms with van der Waals surface area (Å²) >= 11 is 0. The van der Waals surface area contributed by atoms with E-state index in [-0.39, 0.29) is 6.10 Å². The van der Waals surface area contributed by atoms with Crippen LogP contribution >= 0.6 is 0 Å². The van der Waals surface area contributed by atoms with E-state index in [4.69, 9.17) is 14.7 Å². The first kappa shape index (κ1) is 14.7. The van der Waals surface area contributed by atoms with Crippen molar-refractivity contribution in [1.82, 2.24) is 0 Å². The molecule has 4 heteroatoms. The van der Waals surface area contributed by atoms with Gasteiger partial charge in [-0.05, 0) is 32.4 Å². The zero-order valence-electron chi connectivity index (χ0n) is 12.2. The van der Waals surface area contributed by atoms with Gasteiger partial charge in [-0.1, -0.05) is 6.92 Å². The quantitative estimate of drug-likeness (QED) is 0.897. The fourth-order valence-electron chi connectivity index (χ4n) is 2.57. The molecule has 0 saturated heterocycles. The zero-order chi connectivity index (χ0) is 14.7. The van der Waals surface area contributed by atoms with Crippen LogP contribution in [-0.4, -0.2) is 17.8 Å². The molecule has 0 amide bonds. The van der Waals surface area contributed by atoms with E-state index < -0.39 is 12.0 Å². The van der Waals surface area contributed by atoms with Crippen molar-refractivity contribution in [3.05, 3.63) is 23.3 Å². The summed E-state index contributed by atoms with van der Waals surface area (Å²) in [5.41, 5.74) is 1.75. The van der Waals surface area contributed by atoms with Gasteiger partial charge in [-0.25, -0.2) is 0 Å². The molecular weight excluding hydrogens is 254 g/mol. The van der Waals surface area contributed by atoms with Crippen molar-refractivity contribution in [2.45, 2.75) is 45.8 Å². The van der Waals surface area contributed by atoms with Crippen molar-refractivity contribution in [2.75, 3.05) is 6.61 Å². The van der Waals surface area contributed by atoms with E-state index >= 15 is 0 Å². The van der Waals surface area contributed by atoms with E-state index in [1.54, 1.807) is 0 Å². The molecule has 1 aromatic rings. The van der Waals surface area contributed by atoms with E-state index in [9.17, 15) is 5.11 Å². The number of ether oxygens (including phenoxy) is 2. The summed E-state index contributed by atoms with van der Waals surface area (Å²) in [6.07, 6.45) is 0.736. The standard InChI is InChI=1S/C16H21NO3/c1-4-11(9-17)16(18)13-8-14-12(6-10(3)20-14)7-15(13)19-5-2/h7-8,10-11,16,18H,4-6H2,1-3H3. The summed E-state index contributed by atoms with van der Waals surface area (Å²) in [6, 6.07) is 5.91. The fraction of sp³-hybridized carbons (Fsp3) is 0.562. The number of aliphatic hydroxyl groups excluding tert-OH is 1. The molecule has 0 bridgehead atoms. The highest BCUT2D eigenvalue weighted by Gasteiger charge is 2.27. The molecule has 1 heterocycles. The molecule has 3 atom stereocenters. The van der Waals surface area contributed by atoms with Gasteiger partial charge >= 0.3 is 0 Å². The number of fused-ring (bicyclic) bond motifs is 1. The Bertz CT molecular complexity index is 521. The van der Waals surface area contributed by atoms with Crippen LogP contribution in [0.25, 0.3) is 0 Å². The number of aliphatic hydroxyl groups is 1. The zero-order valence-corrected chi connectivity index (χ0v) is 12.2. The minimum atomic E-state index is -0.851. The number of hydrogen-bond acceptors (Lipinski definition) is 4. The summed E-state index contributed by atoms with van der Waals surface area (Å²) in [5.74, 6) is 1.01. The van der Waals surface area contributed by atoms with Gasteiger partial charge in [0.15, 0.2) is 0 Å². The minimum Gasteiger partial charge on any atom is -0.493 e. The summed E-state index contributed by atoms with van der Waals surface area (Å²) in [6.45, 7) is 6.34. The van der Waals surface area contributed by atoms with Crippen LogP contribution in [0.4, 0.5) is 0 Å². The predicted octanol–water partition coefficient (Wildman–Crippen LogP) is 2.99. The summed E-state index contributed by atoms with van der Waals surface area (Å²) in [7, 11) is 0. The molecule has 0 saturated carbocycles. The Hall–Kier alpha value is -1.73. The number of nitriles is 1. The maximum Gasteiger partial charge on any atom is 0.125 e. The van der Waals surface area contributed by atoms with E-state index in [1.807, 2.05) is 32.9 Å². The largest absolute Gasteiger partial charge is 0.493 e. The van der Waals surface area contributed by atoms with E-state index in [0.29, 0.717) is 24.3 Å². The van der Waals surface area contributed by atoms with Crippen LogP contribution in [0.1, 0.15) is 44.4 Å². The first-order chi connectivity index (χ1) is 9.60.